The third-order valence-corrected chi connectivity index (χ3v) is 4.85. The van der Waals surface area contributed by atoms with Gasteiger partial charge in [0.05, 0.1) is 0 Å². The van der Waals surface area contributed by atoms with Gasteiger partial charge in [-0.3, -0.25) is 4.90 Å². The number of rotatable bonds is 7. The molecular weight excluding hydrogens is 246 g/mol. The molecule has 3 nitrogen and oxygen atoms in total. The van der Waals surface area contributed by atoms with E-state index in [1.54, 1.807) is 0 Å². The van der Waals surface area contributed by atoms with Crippen LogP contribution in [0, 0.1) is 5.41 Å². The van der Waals surface area contributed by atoms with E-state index in [9.17, 15) is 0 Å². The monoisotopic (exact) mass is 275 g/mol. The molecule has 20 heavy (non-hydrogen) atoms. The van der Waals surface area contributed by atoms with E-state index in [1.807, 2.05) is 6.20 Å². The Morgan fingerprint density at radius 2 is 2.10 bits per heavy atom. The maximum absolute atomic E-state index is 4.50. The van der Waals surface area contributed by atoms with E-state index < -0.39 is 0 Å². The number of likely N-dealkylation sites (tertiary alicyclic amines) is 1. The third kappa shape index (κ3) is 3.51. The first-order valence-electron chi connectivity index (χ1n) is 8.13. The summed E-state index contributed by atoms with van der Waals surface area (Å²) in [5, 5.41) is 3.45. The lowest BCUT2D eigenvalue weighted by Crippen LogP contribution is -2.26. The fourth-order valence-electron chi connectivity index (χ4n) is 3.20. The molecule has 1 saturated heterocycles. The summed E-state index contributed by atoms with van der Waals surface area (Å²) in [5.41, 5.74) is 1.89. The molecule has 1 aliphatic heterocycles. The van der Waals surface area contributed by atoms with E-state index in [-0.39, 0.29) is 0 Å². The summed E-state index contributed by atoms with van der Waals surface area (Å²) >= 11 is 0. The first-order valence-corrected chi connectivity index (χ1v) is 8.13. The van der Waals surface area contributed by atoms with Gasteiger partial charge in [0.15, 0.2) is 0 Å². The lowest BCUT2D eigenvalue weighted by atomic mass is 9.82. The second kappa shape index (κ2) is 7.07. The van der Waals surface area contributed by atoms with Gasteiger partial charge in [0, 0.05) is 31.4 Å². The second-order valence-corrected chi connectivity index (χ2v) is 6.11. The van der Waals surface area contributed by atoms with Gasteiger partial charge < -0.3 is 5.32 Å². The molecule has 2 rings (SSSR count). The minimum absolute atomic E-state index is 0.555. The fraction of sp³-hybridized carbons (Fsp3) is 0.706. The Bertz CT molecular complexity index is 412. The smallest absolute Gasteiger partial charge is 0.130 e. The van der Waals surface area contributed by atoms with Gasteiger partial charge in [-0.25, -0.2) is 4.98 Å². The second-order valence-electron chi connectivity index (χ2n) is 6.11. The molecule has 0 saturated carbocycles. The Labute approximate surface area is 123 Å². The maximum Gasteiger partial charge on any atom is 0.130 e. The third-order valence-electron chi connectivity index (χ3n) is 4.85. The maximum atomic E-state index is 4.50. The summed E-state index contributed by atoms with van der Waals surface area (Å²) < 4.78 is 0. The van der Waals surface area contributed by atoms with Gasteiger partial charge in [-0.1, -0.05) is 26.8 Å². The highest BCUT2D eigenvalue weighted by atomic mass is 15.2. The summed E-state index contributed by atoms with van der Waals surface area (Å²) in [4.78, 5) is 7.10. The highest BCUT2D eigenvalue weighted by molar-refractivity contribution is 5.43. The van der Waals surface area contributed by atoms with E-state index in [0.29, 0.717) is 5.41 Å². The molecule has 1 fully saturated rings. The average molecular weight is 275 g/mol. The standard InChI is InChI=1S/C17H29N3/c1-4-10-18-16-15(8-7-11-19-16)13-20-12-9-17(5-2,6-3)14-20/h7-8,11H,4-6,9-10,12-14H2,1-3H3,(H,18,19). The topological polar surface area (TPSA) is 28.2 Å². The van der Waals surface area contributed by atoms with Crippen molar-refractivity contribution in [3.63, 3.8) is 0 Å². The molecule has 1 aromatic heterocycles. The Morgan fingerprint density at radius 3 is 2.75 bits per heavy atom. The highest BCUT2D eigenvalue weighted by Gasteiger charge is 2.34. The number of aromatic nitrogens is 1. The van der Waals surface area contributed by atoms with E-state index in [0.717, 1.165) is 25.3 Å². The minimum atomic E-state index is 0.555. The lowest BCUT2D eigenvalue weighted by molar-refractivity contribution is 0.236. The fourth-order valence-corrected chi connectivity index (χ4v) is 3.20. The number of pyridine rings is 1. The molecule has 0 amide bonds. The van der Waals surface area contributed by atoms with Gasteiger partial charge in [-0.2, -0.15) is 0 Å². The van der Waals surface area contributed by atoms with Gasteiger partial charge in [0.25, 0.3) is 0 Å². The summed E-state index contributed by atoms with van der Waals surface area (Å²) in [6.07, 6.45) is 6.96. The van der Waals surface area contributed by atoms with Crippen LogP contribution in [0.2, 0.25) is 0 Å². The summed E-state index contributed by atoms with van der Waals surface area (Å²) in [5.74, 6) is 1.07. The van der Waals surface area contributed by atoms with Crippen LogP contribution in [0.3, 0.4) is 0 Å². The summed E-state index contributed by atoms with van der Waals surface area (Å²) in [7, 11) is 0. The predicted molar refractivity (Wildman–Crippen MR) is 85.9 cm³/mol. The zero-order valence-corrected chi connectivity index (χ0v) is 13.3. The molecular formula is C17H29N3. The molecule has 0 radical (unpaired) electrons. The van der Waals surface area contributed by atoms with Crippen LogP contribution in [0.4, 0.5) is 5.82 Å². The molecule has 0 bridgehead atoms. The largest absolute Gasteiger partial charge is 0.370 e. The Kier molecular flexibility index (Phi) is 5.41. The van der Waals surface area contributed by atoms with Crippen LogP contribution >= 0.6 is 0 Å². The van der Waals surface area contributed by atoms with Gasteiger partial charge in [0.2, 0.25) is 0 Å². The normalized spacial score (nSPS) is 18.4. The molecule has 1 aliphatic rings. The van der Waals surface area contributed by atoms with Crippen LogP contribution in [-0.2, 0) is 6.54 Å². The molecule has 1 N–H and O–H groups in total. The minimum Gasteiger partial charge on any atom is -0.370 e. The van der Waals surface area contributed by atoms with E-state index in [4.69, 9.17) is 0 Å². The highest BCUT2D eigenvalue weighted by Crippen LogP contribution is 2.37. The summed E-state index contributed by atoms with van der Waals surface area (Å²) in [6.45, 7) is 11.4. The van der Waals surface area contributed by atoms with Crippen molar-refractivity contribution in [2.24, 2.45) is 5.41 Å². The van der Waals surface area contributed by atoms with Crippen LogP contribution in [0.5, 0.6) is 0 Å². The van der Waals surface area contributed by atoms with Crippen LogP contribution in [0.15, 0.2) is 18.3 Å². The summed E-state index contributed by atoms with van der Waals surface area (Å²) in [6, 6.07) is 4.26. The number of nitrogens with zero attached hydrogens (tertiary/aromatic N) is 2. The first-order chi connectivity index (χ1) is 9.73. The average Bonchev–Trinajstić information content (AvgIpc) is 2.90. The van der Waals surface area contributed by atoms with Crippen molar-refractivity contribution in [3.05, 3.63) is 23.9 Å². The van der Waals surface area contributed by atoms with Crippen LogP contribution in [0.1, 0.15) is 52.0 Å². The van der Waals surface area contributed by atoms with Crippen LogP contribution < -0.4 is 5.32 Å². The zero-order chi connectivity index (χ0) is 14.4. The molecule has 1 aromatic rings. The Hall–Kier alpha value is -1.09. The van der Waals surface area contributed by atoms with Crippen LogP contribution in [-0.4, -0.2) is 29.5 Å². The van der Waals surface area contributed by atoms with Crippen molar-refractivity contribution in [1.82, 2.24) is 9.88 Å². The van der Waals surface area contributed by atoms with Gasteiger partial charge in [-0.15, -0.1) is 0 Å². The van der Waals surface area contributed by atoms with Gasteiger partial charge in [0.1, 0.15) is 5.82 Å². The molecule has 0 atom stereocenters. The SMILES string of the molecule is CCCNc1ncccc1CN1CCC(CC)(CC)C1. The molecule has 112 valence electrons. The van der Waals surface area contributed by atoms with Crippen molar-refractivity contribution in [2.75, 3.05) is 25.0 Å². The number of hydrogen-bond acceptors (Lipinski definition) is 3. The van der Waals surface area contributed by atoms with Gasteiger partial charge >= 0.3 is 0 Å². The molecule has 2 heterocycles. The molecule has 0 unspecified atom stereocenters. The number of hydrogen-bond donors (Lipinski definition) is 1. The number of anilines is 1. The van der Waals surface area contributed by atoms with Crippen molar-refractivity contribution in [3.8, 4) is 0 Å². The Balaban J connectivity index is 2.00. The molecule has 0 aromatic carbocycles. The van der Waals surface area contributed by atoms with Crippen LogP contribution in [0.25, 0.3) is 0 Å². The van der Waals surface area contributed by atoms with Crippen molar-refractivity contribution in [1.29, 1.82) is 0 Å². The Morgan fingerprint density at radius 1 is 1.30 bits per heavy atom. The predicted octanol–water partition coefficient (Wildman–Crippen LogP) is 3.92. The molecule has 0 aliphatic carbocycles. The van der Waals surface area contributed by atoms with Crippen molar-refractivity contribution < 1.29 is 0 Å². The van der Waals surface area contributed by atoms with Gasteiger partial charge in [-0.05, 0) is 43.7 Å². The quantitative estimate of drug-likeness (QED) is 0.817. The molecule has 3 heteroatoms. The first kappa shape index (κ1) is 15.3. The van der Waals surface area contributed by atoms with E-state index in [2.05, 4.69) is 48.1 Å². The van der Waals surface area contributed by atoms with E-state index >= 15 is 0 Å². The lowest BCUT2D eigenvalue weighted by Gasteiger charge is -2.26. The van der Waals surface area contributed by atoms with E-state index in [1.165, 1.54) is 37.9 Å². The number of nitrogens with one attached hydrogen (secondary N) is 1. The van der Waals surface area contributed by atoms with Crippen molar-refractivity contribution >= 4 is 5.82 Å². The molecule has 0 spiro atoms. The van der Waals surface area contributed by atoms with Crippen molar-refractivity contribution in [2.45, 2.75) is 53.0 Å². The zero-order valence-electron chi connectivity index (χ0n) is 13.3.